The van der Waals surface area contributed by atoms with Gasteiger partial charge in [-0.15, -0.1) is 0 Å². The third-order valence-electron chi connectivity index (χ3n) is 4.70. The van der Waals surface area contributed by atoms with Crippen LogP contribution in [0.1, 0.15) is 30.5 Å². The summed E-state index contributed by atoms with van der Waals surface area (Å²) in [6.07, 6.45) is 0.313. The number of ketones is 1. The van der Waals surface area contributed by atoms with E-state index in [1.165, 1.54) is 4.90 Å². The number of amides is 1. The van der Waals surface area contributed by atoms with Crippen molar-refractivity contribution in [2.75, 3.05) is 19.8 Å². The van der Waals surface area contributed by atoms with E-state index in [-0.39, 0.29) is 24.5 Å². The first-order chi connectivity index (χ1) is 14.0. The molecule has 1 saturated heterocycles. The Bertz CT molecular complexity index is 938. The summed E-state index contributed by atoms with van der Waals surface area (Å²) in [7, 11) is 0. The highest BCUT2D eigenvalue weighted by Crippen LogP contribution is 2.40. The smallest absolute Gasteiger partial charge is 0.295 e. The molecule has 6 nitrogen and oxygen atoms in total. The van der Waals surface area contributed by atoms with Gasteiger partial charge in [0.15, 0.2) is 0 Å². The van der Waals surface area contributed by atoms with Crippen LogP contribution in [0.15, 0.2) is 54.1 Å². The van der Waals surface area contributed by atoms with Crippen LogP contribution in [-0.4, -0.2) is 46.6 Å². The fourth-order valence-electron chi connectivity index (χ4n) is 3.41. The summed E-state index contributed by atoms with van der Waals surface area (Å²) in [5, 5.41) is 20.6. The maximum atomic E-state index is 12.8. The molecule has 2 N–H and O–H groups in total. The summed E-state index contributed by atoms with van der Waals surface area (Å²) in [4.78, 5) is 26.8. The number of halogens is 1. The second-order valence-electron chi connectivity index (χ2n) is 6.58. The van der Waals surface area contributed by atoms with E-state index in [9.17, 15) is 19.8 Å². The van der Waals surface area contributed by atoms with E-state index in [2.05, 4.69) is 0 Å². The molecule has 3 rings (SSSR count). The molecular weight excluding hydrogens is 394 g/mol. The van der Waals surface area contributed by atoms with Gasteiger partial charge in [0.2, 0.25) is 0 Å². The Morgan fingerprint density at radius 1 is 1.17 bits per heavy atom. The van der Waals surface area contributed by atoms with Crippen molar-refractivity contribution in [2.45, 2.75) is 19.4 Å². The number of ether oxygens (including phenoxy) is 1. The minimum atomic E-state index is -0.785. The lowest BCUT2D eigenvalue weighted by molar-refractivity contribution is -0.140. The lowest BCUT2D eigenvalue weighted by atomic mass is 9.95. The van der Waals surface area contributed by atoms with E-state index in [4.69, 9.17) is 16.3 Å². The summed E-state index contributed by atoms with van der Waals surface area (Å²) in [6.45, 7) is 2.44. The Balaban J connectivity index is 2.10. The van der Waals surface area contributed by atoms with Gasteiger partial charge in [-0.3, -0.25) is 9.59 Å². The molecule has 0 aliphatic carbocycles. The van der Waals surface area contributed by atoms with Gasteiger partial charge in [-0.05, 0) is 55.3 Å². The van der Waals surface area contributed by atoms with E-state index >= 15 is 0 Å². The standard InChI is InChI=1S/C22H22ClNO5/c1-2-29-17-9-7-14(8-10-17)20(26)18-19(15-5-3-6-16(23)13-15)24(11-4-12-25)22(28)21(18)27/h3,5-10,13,19,25-26H,2,4,11-12H2,1H3/t19-/m0/s1. The van der Waals surface area contributed by atoms with Crippen molar-refractivity contribution < 1.29 is 24.5 Å². The van der Waals surface area contributed by atoms with E-state index in [0.717, 1.165) is 0 Å². The van der Waals surface area contributed by atoms with Gasteiger partial charge < -0.3 is 19.8 Å². The van der Waals surface area contributed by atoms with Gasteiger partial charge in [0.25, 0.3) is 11.7 Å². The lowest BCUT2D eigenvalue weighted by Crippen LogP contribution is -2.31. The minimum absolute atomic E-state index is 0.000587. The van der Waals surface area contributed by atoms with Crippen molar-refractivity contribution in [3.05, 3.63) is 70.3 Å². The molecule has 7 heteroatoms. The molecule has 1 aliphatic rings. The first-order valence-corrected chi connectivity index (χ1v) is 9.73. The quantitative estimate of drug-likeness (QED) is 0.410. The molecule has 29 heavy (non-hydrogen) atoms. The van der Waals surface area contributed by atoms with Crippen LogP contribution in [0.4, 0.5) is 0 Å². The largest absolute Gasteiger partial charge is 0.507 e. The molecule has 0 radical (unpaired) electrons. The number of benzene rings is 2. The number of carbonyl (C=O) groups is 2. The Hall–Kier alpha value is -2.83. The number of nitrogens with zero attached hydrogens (tertiary/aromatic N) is 1. The van der Waals surface area contributed by atoms with Crippen molar-refractivity contribution in [3.63, 3.8) is 0 Å². The lowest BCUT2D eigenvalue weighted by Gasteiger charge is -2.25. The number of aliphatic hydroxyl groups excluding tert-OH is 2. The van der Waals surface area contributed by atoms with E-state index in [1.807, 2.05) is 6.92 Å². The third-order valence-corrected chi connectivity index (χ3v) is 4.94. The van der Waals surface area contributed by atoms with Gasteiger partial charge >= 0.3 is 0 Å². The van der Waals surface area contributed by atoms with Crippen molar-refractivity contribution >= 4 is 29.1 Å². The van der Waals surface area contributed by atoms with Gasteiger partial charge in [0, 0.05) is 23.7 Å². The highest BCUT2D eigenvalue weighted by molar-refractivity contribution is 6.46. The second kappa shape index (κ2) is 9.11. The molecule has 2 aromatic rings. The molecule has 0 bridgehead atoms. The summed E-state index contributed by atoms with van der Waals surface area (Å²) >= 11 is 6.12. The number of aliphatic hydroxyl groups is 2. The third kappa shape index (κ3) is 4.28. The van der Waals surface area contributed by atoms with Gasteiger partial charge in [0.1, 0.15) is 11.5 Å². The zero-order chi connectivity index (χ0) is 21.0. The highest BCUT2D eigenvalue weighted by Gasteiger charge is 2.45. The number of rotatable bonds is 7. The fourth-order valence-corrected chi connectivity index (χ4v) is 3.60. The van der Waals surface area contributed by atoms with Crippen molar-refractivity contribution in [2.24, 2.45) is 0 Å². The van der Waals surface area contributed by atoms with E-state index in [0.29, 0.717) is 34.9 Å². The molecule has 1 atom stereocenters. The Morgan fingerprint density at radius 3 is 2.52 bits per heavy atom. The molecule has 1 heterocycles. The van der Waals surface area contributed by atoms with Crippen LogP contribution in [-0.2, 0) is 9.59 Å². The average molecular weight is 416 g/mol. The van der Waals surface area contributed by atoms with E-state index < -0.39 is 17.7 Å². The van der Waals surface area contributed by atoms with Crippen LogP contribution < -0.4 is 4.74 Å². The Kier molecular flexibility index (Phi) is 6.56. The van der Waals surface area contributed by atoms with Crippen molar-refractivity contribution in [1.29, 1.82) is 0 Å². The molecule has 0 saturated carbocycles. The molecule has 0 unspecified atom stereocenters. The van der Waals surface area contributed by atoms with Gasteiger partial charge in [-0.2, -0.15) is 0 Å². The monoisotopic (exact) mass is 415 g/mol. The van der Waals surface area contributed by atoms with Crippen LogP contribution in [0.5, 0.6) is 5.75 Å². The number of hydrogen-bond donors (Lipinski definition) is 2. The number of carbonyl (C=O) groups excluding carboxylic acids is 2. The molecule has 1 amide bonds. The van der Waals surface area contributed by atoms with E-state index in [1.54, 1.807) is 48.5 Å². The first-order valence-electron chi connectivity index (χ1n) is 9.36. The van der Waals surface area contributed by atoms with Crippen LogP contribution in [0.2, 0.25) is 5.02 Å². The molecule has 0 spiro atoms. The maximum absolute atomic E-state index is 12.8. The number of likely N-dealkylation sites (tertiary alicyclic amines) is 1. The molecule has 0 aromatic heterocycles. The summed E-state index contributed by atoms with van der Waals surface area (Å²) in [5.41, 5.74) is 1.02. The predicted octanol–water partition coefficient (Wildman–Crippen LogP) is 3.54. The number of hydrogen-bond acceptors (Lipinski definition) is 5. The molecule has 2 aromatic carbocycles. The zero-order valence-corrected chi connectivity index (χ0v) is 16.7. The van der Waals surface area contributed by atoms with Crippen LogP contribution in [0, 0.1) is 0 Å². The van der Waals surface area contributed by atoms with Crippen LogP contribution in [0.3, 0.4) is 0 Å². The molecule has 152 valence electrons. The minimum Gasteiger partial charge on any atom is -0.507 e. The fraction of sp³-hybridized carbons (Fsp3) is 0.273. The van der Waals surface area contributed by atoms with Crippen molar-refractivity contribution in [1.82, 2.24) is 4.90 Å². The second-order valence-corrected chi connectivity index (χ2v) is 7.02. The van der Waals surface area contributed by atoms with Crippen LogP contribution in [0.25, 0.3) is 5.76 Å². The predicted molar refractivity (Wildman–Crippen MR) is 110 cm³/mol. The Morgan fingerprint density at radius 2 is 1.90 bits per heavy atom. The average Bonchev–Trinajstić information content (AvgIpc) is 2.97. The molecule has 1 aliphatic heterocycles. The first kappa shape index (κ1) is 20.9. The molecule has 1 fully saturated rings. The van der Waals surface area contributed by atoms with Gasteiger partial charge in [0.05, 0.1) is 18.2 Å². The highest BCUT2D eigenvalue weighted by atomic mass is 35.5. The van der Waals surface area contributed by atoms with Gasteiger partial charge in [-0.25, -0.2) is 0 Å². The topological polar surface area (TPSA) is 87.1 Å². The SMILES string of the molecule is CCOc1ccc(C(O)=C2C(=O)C(=O)N(CCCO)[C@H]2c2cccc(Cl)c2)cc1. The Labute approximate surface area is 174 Å². The van der Waals surface area contributed by atoms with Gasteiger partial charge in [-0.1, -0.05) is 23.7 Å². The van der Waals surface area contributed by atoms with Crippen LogP contribution >= 0.6 is 11.6 Å². The summed E-state index contributed by atoms with van der Waals surface area (Å²) in [5.74, 6) is -1.10. The molecular formula is C22H22ClNO5. The summed E-state index contributed by atoms with van der Waals surface area (Å²) in [6, 6.07) is 12.7. The maximum Gasteiger partial charge on any atom is 0.295 e. The number of Topliss-reactive ketones (excluding diaryl/α,β-unsaturated/α-hetero) is 1. The normalized spacial score (nSPS) is 18.3. The summed E-state index contributed by atoms with van der Waals surface area (Å²) < 4.78 is 5.40. The van der Waals surface area contributed by atoms with Crippen molar-refractivity contribution in [3.8, 4) is 5.75 Å². The zero-order valence-electron chi connectivity index (χ0n) is 16.0.